The second-order valence-corrected chi connectivity index (χ2v) is 7.67. The molecule has 6 nitrogen and oxygen atoms in total. The summed E-state index contributed by atoms with van der Waals surface area (Å²) in [4.78, 5) is 20.1. The molecule has 2 aliphatic heterocycles. The Balaban J connectivity index is 1.72. The van der Waals surface area contributed by atoms with Crippen LogP contribution >= 0.6 is 23.2 Å². The van der Waals surface area contributed by atoms with E-state index in [9.17, 15) is 14.3 Å². The smallest absolute Gasteiger partial charge is 0.246 e. The number of hydrogen-bond acceptors (Lipinski definition) is 5. The summed E-state index contributed by atoms with van der Waals surface area (Å²) in [5.41, 5.74) is 0.493. The molecule has 1 aromatic carbocycles. The fourth-order valence-corrected chi connectivity index (χ4v) is 4.26. The second-order valence-electron chi connectivity index (χ2n) is 6.93. The van der Waals surface area contributed by atoms with Crippen LogP contribution in [-0.2, 0) is 11.3 Å². The van der Waals surface area contributed by atoms with Crippen LogP contribution in [0.4, 0.5) is 4.39 Å². The van der Waals surface area contributed by atoms with Crippen molar-refractivity contribution in [2.45, 2.75) is 12.6 Å². The highest BCUT2D eigenvalue weighted by Crippen LogP contribution is 2.44. The van der Waals surface area contributed by atoms with Crippen LogP contribution in [0.5, 0.6) is 11.5 Å². The number of carbonyl (C=O) groups excluding carboxylic acids is 1. The number of piperazine rings is 1. The molecule has 1 aromatic heterocycles. The maximum atomic E-state index is 14.4. The first kappa shape index (κ1) is 19.9. The van der Waals surface area contributed by atoms with Gasteiger partial charge in [0.2, 0.25) is 5.91 Å². The molecule has 1 N–H and O–H groups in total. The molecule has 1 amide bonds. The van der Waals surface area contributed by atoms with Gasteiger partial charge in [0.15, 0.2) is 0 Å². The molecule has 1 saturated heterocycles. The number of halogens is 3. The highest BCUT2D eigenvalue weighted by atomic mass is 35.5. The van der Waals surface area contributed by atoms with Gasteiger partial charge in [-0.3, -0.25) is 9.69 Å². The van der Waals surface area contributed by atoms with Gasteiger partial charge in [-0.05, 0) is 18.2 Å². The largest absolute Gasteiger partial charge is 0.507 e. The first-order valence-electron chi connectivity index (χ1n) is 9.04. The minimum absolute atomic E-state index is 0.0225. The number of aromatic hydroxyl groups is 1. The number of aromatic nitrogens is 1. The Kier molecular flexibility index (Phi) is 5.38. The molecule has 29 heavy (non-hydrogen) atoms. The summed E-state index contributed by atoms with van der Waals surface area (Å²) in [5.74, 6) is -0.762. The van der Waals surface area contributed by atoms with Crippen molar-refractivity contribution in [1.29, 1.82) is 0 Å². The Morgan fingerprint density at radius 1 is 1.38 bits per heavy atom. The summed E-state index contributed by atoms with van der Waals surface area (Å²) in [7, 11) is 0. The number of amides is 1. The maximum absolute atomic E-state index is 14.4. The van der Waals surface area contributed by atoms with Crippen molar-refractivity contribution in [3.63, 3.8) is 0 Å². The lowest BCUT2D eigenvalue weighted by Gasteiger charge is -2.39. The second kappa shape index (κ2) is 7.82. The van der Waals surface area contributed by atoms with Crippen molar-refractivity contribution >= 4 is 29.1 Å². The third kappa shape index (κ3) is 3.54. The van der Waals surface area contributed by atoms with E-state index in [0.29, 0.717) is 37.5 Å². The molecule has 9 heteroatoms. The van der Waals surface area contributed by atoms with E-state index in [1.54, 1.807) is 4.90 Å². The number of benzene rings is 1. The molecule has 3 heterocycles. The van der Waals surface area contributed by atoms with Crippen LogP contribution in [0.2, 0.25) is 10.2 Å². The molecule has 2 aliphatic rings. The highest BCUT2D eigenvalue weighted by molar-refractivity contribution is 6.36. The Bertz CT molecular complexity index is 981. The van der Waals surface area contributed by atoms with Crippen molar-refractivity contribution in [2.75, 3.05) is 26.2 Å². The van der Waals surface area contributed by atoms with Gasteiger partial charge in [-0.25, -0.2) is 9.37 Å². The zero-order valence-corrected chi connectivity index (χ0v) is 16.9. The van der Waals surface area contributed by atoms with Crippen LogP contribution in [0.15, 0.2) is 30.9 Å². The standard InChI is InChI=1S/C20H18Cl2FN3O3/c1-2-15(28)26-7-6-25-9-12-19(29-10-11(25)8-26)17(21)18(24-20(12)22)16-13(23)4-3-5-14(16)27/h2-5,11,27H,1,6-10H2/t11-/m1/s1. The summed E-state index contributed by atoms with van der Waals surface area (Å²) in [6.45, 7) is 5.94. The number of carbonyl (C=O) groups is 1. The molecule has 0 saturated carbocycles. The van der Waals surface area contributed by atoms with E-state index < -0.39 is 5.82 Å². The van der Waals surface area contributed by atoms with Crippen LogP contribution in [0, 0.1) is 5.82 Å². The van der Waals surface area contributed by atoms with Crippen molar-refractivity contribution < 1.29 is 19.0 Å². The molecule has 0 unspecified atom stereocenters. The quantitative estimate of drug-likeness (QED) is 0.575. The Labute approximate surface area is 177 Å². The Hall–Kier alpha value is -2.35. The van der Waals surface area contributed by atoms with Gasteiger partial charge in [-0.15, -0.1) is 0 Å². The van der Waals surface area contributed by atoms with E-state index in [2.05, 4.69) is 16.5 Å². The summed E-state index contributed by atoms with van der Waals surface area (Å²) < 4.78 is 20.3. The lowest BCUT2D eigenvalue weighted by molar-refractivity contribution is -0.129. The molecular weight excluding hydrogens is 420 g/mol. The van der Waals surface area contributed by atoms with Crippen LogP contribution in [0.25, 0.3) is 11.3 Å². The molecule has 152 valence electrons. The number of fused-ring (bicyclic) bond motifs is 2. The van der Waals surface area contributed by atoms with Gasteiger partial charge in [0.25, 0.3) is 0 Å². The summed E-state index contributed by atoms with van der Waals surface area (Å²) in [6, 6.07) is 3.89. The number of pyridine rings is 1. The zero-order valence-electron chi connectivity index (χ0n) is 15.4. The first-order valence-corrected chi connectivity index (χ1v) is 9.80. The van der Waals surface area contributed by atoms with Crippen molar-refractivity contribution in [2.24, 2.45) is 0 Å². The van der Waals surface area contributed by atoms with E-state index in [-0.39, 0.29) is 45.7 Å². The van der Waals surface area contributed by atoms with Crippen molar-refractivity contribution in [1.82, 2.24) is 14.8 Å². The molecule has 1 atom stereocenters. The number of nitrogens with zero attached hydrogens (tertiary/aromatic N) is 3. The third-order valence-electron chi connectivity index (χ3n) is 5.24. The fourth-order valence-electron chi connectivity index (χ4n) is 3.72. The van der Waals surface area contributed by atoms with Gasteiger partial charge in [0, 0.05) is 31.7 Å². The molecule has 0 spiro atoms. The van der Waals surface area contributed by atoms with Crippen molar-refractivity contribution in [3.05, 3.63) is 52.4 Å². The zero-order chi connectivity index (χ0) is 20.7. The number of rotatable bonds is 2. The molecule has 0 aliphatic carbocycles. The van der Waals surface area contributed by atoms with E-state index in [0.717, 1.165) is 0 Å². The lowest BCUT2D eigenvalue weighted by Crippen LogP contribution is -2.55. The topological polar surface area (TPSA) is 65.9 Å². The van der Waals surface area contributed by atoms with E-state index >= 15 is 0 Å². The van der Waals surface area contributed by atoms with Crippen LogP contribution in [-0.4, -0.2) is 58.1 Å². The average molecular weight is 438 g/mol. The molecular formula is C20H18Cl2FN3O3. The summed E-state index contributed by atoms with van der Waals surface area (Å²) in [5, 5.41) is 10.3. The van der Waals surface area contributed by atoms with Gasteiger partial charge >= 0.3 is 0 Å². The monoisotopic (exact) mass is 437 g/mol. The highest BCUT2D eigenvalue weighted by Gasteiger charge is 2.35. The van der Waals surface area contributed by atoms with Crippen LogP contribution in [0.3, 0.4) is 0 Å². The molecule has 4 rings (SSSR count). The number of phenols is 1. The molecule has 2 aromatic rings. The number of ether oxygens (including phenoxy) is 1. The normalized spacial score (nSPS) is 19.0. The predicted octanol–water partition coefficient (Wildman–Crippen LogP) is 3.49. The van der Waals surface area contributed by atoms with Gasteiger partial charge < -0.3 is 14.7 Å². The number of phenolic OH excluding ortho intramolecular Hbond substituents is 1. The first-order chi connectivity index (χ1) is 13.9. The van der Waals surface area contributed by atoms with E-state index in [1.807, 2.05) is 0 Å². The van der Waals surface area contributed by atoms with Gasteiger partial charge in [0.05, 0.1) is 11.6 Å². The molecule has 0 radical (unpaired) electrons. The van der Waals surface area contributed by atoms with Crippen LogP contribution < -0.4 is 4.74 Å². The Morgan fingerprint density at radius 3 is 2.90 bits per heavy atom. The van der Waals surface area contributed by atoms with E-state index in [1.165, 1.54) is 24.3 Å². The van der Waals surface area contributed by atoms with Gasteiger partial charge in [-0.1, -0.05) is 35.8 Å². The van der Waals surface area contributed by atoms with Gasteiger partial charge in [0.1, 0.15) is 39.8 Å². The molecule has 0 bridgehead atoms. The fraction of sp³-hybridized carbons (Fsp3) is 0.300. The number of hydrogen-bond donors (Lipinski definition) is 1. The third-order valence-corrected chi connectivity index (χ3v) is 5.90. The van der Waals surface area contributed by atoms with E-state index in [4.69, 9.17) is 27.9 Å². The maximum Gasteiger partial charge on any atom is 0.246 e. The van der Waals surface area contributed by atoms with Gasteiger partial charge in [-0.2, -0.15) is 0 Å². The lowest BCUT2D eigenvalue weighted by atomic mass is 10.1. The summed E-state index contributed by atoms with van der Waals surface area (Å²) >= 11 is 12.9. The summed E-state index contributed by atoms with van der Waals surface area (Å²) in [6.07, 6.45) is 1.30. The van der Waals surface area contributed by atoms with Crippen molar-refractivity contribution in [3.8, 4) is 22.8 Å². The Morgan fingerprint density at radius 2 is 2.17 bits per heavy atom. The average Bonchev–Trinajstić information content (AvgIpc) is 2.90. The predicted molar refractivity (Wildman–Crippen MR) is 108 cm³/mol. The van der Waals surface area contributed by atoms with Crippen LogP contribution in [0.1, 0.15) is 5.56 Å². The SMILES string of the molecule is C=CC(=O)N1CCN2Cc3c(Cl)nc(-c4c(O)cccc4F)c(Cl)c3OC[C@H]2C1. The molecule has 1 fully saturated rings. The minimum atomic E-state index is -0.667. The minimum Gasteiger partial charge on any atom is -0.507 e.